The van der Waals surface area contributed by atoms with Crippen LogP contribution in [0.1, 0.15) is 10.4 Å². The van der Waals surface area contributed by atoms with Crippen molar-refractivity contribution in [2.45, 2.75) is 6.54 Å². The molecule has 7 heteroatoms. The predicted octanol–water partition coefficient (Wildman–Crippen LogP) is 1.78. The first-order chi connectivity index (χ1) is 11.8. The molecule has 2 aromatic heterocycles. The van der Waals surface area contributed by atoms with E-state index in [-0.39, 0.29) is 5.91 Å². The largest absolute Gasteiger partial charge is 0.496 e. The number of carbonyl (C=O) groups excluding carboxylic acids is 1. The second kappa shape index (κ2) is 7.36. The zero-order valence-corrected chi connectivity index (χ0v) is 13.2. The molecule has 1 amide bonds. The Kier molecular flexibility index (Phi) is 4.81. The molecule has 24 heavy (non-hydrogen) atoms. The SMILES string of the molecule is COc1ccccc1C(=O)NCCn1ccnc1-c1ncccn1. The lowest BCUT2D eigenvalue weighted by Gasteiger charge is -2.10. The number of nitrogens with one attached hydrogen (secondary N) is 1. The van der Waals surface area contributed by atoms with Crippen molar-refractivity contribution in [1.82, 2.24) is 24.8 Å². The van der Waals surface area contributed by atoms with Gasteiger partial charge >= 0.3 is 0 Å². The molecular weight excluding hydrogens is 306 g/mol. The van der Waals surface area contributed by atoms with Crippen molar-refractivity contribution in [1.29, 1.82) is 0 Å². The Morgan fingerprint density at radius 2 is 1.92 bits per heavy atom. The molecule has 3 rings (SSSR count). The number of carbonyl (C=O) groups is 1. The van der Waals surface area contributed by atoms with Crippen molar-refractivity contribution < 1.29 is 9.53 Å². The molecule has 0 aliphatic rings. The van der Waals surface area contributed by atoms with Gasteiger partial charge in [-0.3, -0.25) is 4.79 Å². The number of benzene rings is 1. The molecule has 0 spiro atoms. The molecule has 0 saturated heterocycles. The number of methoxy groups -OCH3 is 1. The van der Waals surface area contributed by atoms with E-state index in [1.165, 1.54) is 0 Å². The Labute approximate surface area is 139 Å². The molecule has 0 bridgehead atoms. The summed E-state index contributed by atoms with van der Waals surface area (Å²) in [5.41, 5.74) is 0.511. The number of aromatic nitrogens is 4. The van der Waals surface area contributed by atoms with Crippen LogP contribution in [0.15, 0.2) is 55.1 Å². The molecule has 0 saturated carbocycles. The highest BCUT2D eigenvalue weighted by molar-refractivity contribution is 5.96. The van der Waals surface area contributed by atoms with Crippen molar-refractivity contribution in [3.8, 4) is 17.4 Å². The molecule has 0 aliphatic heterocycles. The van der Waals surface area contributed by atoms with Gasteiger partial charge in [-0.2, -0.15) is 0 Å². The lowest BCUT2D eigenvalue weighted by Crippen LogP contribution is -2.27. The Morgan fingerprint density at radius 1 is 1.12 bits per heavy atom. The number of para-hydroxylation sites is 1. The summed E-state index contributed by atoms with van der Waals surface area (Å²) in [7, 11) is 1.55. The molecule has 7 nitrogen and oxygen atoms in total. The fourth-order valence-electron chi connectivity index (χ4n) is 2.33. The Morgan fingerprint density at radius 3 is 2.71 bits per heavy atom. The van der Waals surface area contributed by atoms with E-state index in [1.54, 1.807) is 50.0 Å². The number of amides is 1. The number of ether oxygens (including phenoxy) is 1. The molecule has 3 aromatic rings. The van der Waals surface area contributed by atoms with Crippen molar-refractivity contribution in [2.24, 2.45) is 0 Å². The lowest BCUT2D eigenvalue weighted by atomic mass is 10.2. The summed E-state index contributed by atoms with van der Waals surface area (Å²) in [5.74, 6) is 1.60. The topological polar surface area (TPSA) is 81.9 Å². The van der Waals surface area contributed by atoms with E-state index in [1.807, 2.05) is 16.8 Å². The van der Waals surface area contributed by atoms with Crippen LogP contribution < -0.4 is 10.1 Å². The summed E-state index contributed by atoms with van der Waals surface area (Å²) in [4.78, 5) is 24.9. The van der Waals surface area contributed by atoms with Gasteiger partial charge in [-0.1, -0.05) is 12.1 Å². The quantitative estimate of drug-likeness (QED) is 0.748. The van der Waals surface area contributed by atoms with Crippen molar-refractivity contribution in [3.05, 3.63) is 60.7 Å². The first kappa shape index (κ1) is 15.7. The fourth-order valence-corrected chi connectivity index (χ4v) is 2.33. The smallest absolute Gasteiger partial charge is 0.255 e. The molecule has 122 valence electrons. The van der Waals surface area contributed by atoms with Gasteiger partial charge in [0.25, 0.3) is 5.91 Å². The Balaban J connectivity index is 1.64. The van der Waals surface area contributed by atoms with Gasteiger partial charge in [0.15, 0.2) is 11.6 Å². The maximum atomic E-state index is 12.3. The molecule has 0 fully saturated rings. The van der Waals surface area contributed by atoms with E-state index >= 15 is 0 Å². The minimum atomic E-state index is -0.176. The summed E-state index contributed by atoms with van der Waals surface area (Å²) in [6.07, 6.45) is 6.87. The summed E-state index contributed by atoms with van der Waals surface area (Å²) < 4.78 is 7.10. The van der Waals surface area contributed by atoms with Gasteiger partial charge in [0.05, 0.1) is 12.7 Å². The van der Waals surface area contributed by atoms with Crippen LogP contribution in [-0.4, -0.2) is 39.1 Å². The van der Waals surface area contributed by atoms with Gasteiger partial charge in [-0.25, -0.2) is 15.0 Å². The van der Waals surface area contributed by atoms with E-state index in [0.717, 1.165) is 0 Å². The monoisotopic (exact) mass is 323 g/mol. The normalized spacial score (nSPS) is 10.4. The van der Waals surface area contributed by atoms with Crippen molar-refractivity contribution in [2.75, 3.05) is 13.7 Å². The third-order valence-electron chi connectivity index (χ3n) is 3.47. The summed E-state index contributed by atoms with van der Waals surface area (Å²) in [6, 6.07) is 8.87. The van der Waals surface area contributed by atoms with Crippen LogP contribution in [0.2, 0.25) is 0 Å². The molecule has 0 unspecified atom stereocenters. The first-order valence-electron chi connectivity index (χ1n) is 7.49. The molecule has 1 N–H and O–H groups in total. The third kappa shape index (κ3) is 3.40. The first-order valence-corrected chi connectivity index (χ1v) is 7.49. The molecule has 2 heterocycles. The van der Waals surface area contributed by atoms with Crippen molar-refractivity contribution >= 4 is 5.91 Å². The van der Waals surface area contributed by atoms with Crippen LogP contribution in [0, 0.1) is 0 Å². The van der Waals surface area contributed by atoms with Gasteiger partial charge < -0.3 is 14.6 Å². The second-order valence-electron chi connectivity index (χ2n) is 4.97. The average molecular weight is 323 g/mol. The summed E-state index contributed by atoms with van der Waals surface area (Å²) >= 11 is 0. The average Bonchev–Trinajstić information content (AvgIpc) is 3.11. The van der Waals surface area contributed by atoms with Crippen molar-refractivity contribution in [3.63, 3.8) is 0 Å². The molecule has 0 aliphatic carbocycles. The lowest BCUT2D eigenvalue weighted by molar-refractivity contribution is 0.0949. The van der Waals surface area contributed by atoms with Gasteiger partial charge in [0.2, 0.25) is 0 Å². The minimum Gasteiger partial charge on any atom is -0.496 e. The van der Waals surface area contributed by atoms with E-state index < -0.39 is 0 Å². The molecule has 1 aromatic carbocycles. The maximum absolute atomic E-state index is 12.3. The van der Waals surface area contributed by atoms with Gasteiger partial charge in [-0.15, -0.1) is 0 Å². The number of rotatable bonds is 6. The van der Waals surface area contributed by atoms with Crippen LogP contribution in [0.25, 0.3) is 11.6 Å². The van der Waals surface area contributed by atoms with E-state index in [9.17, 15) is 4.79 Å². The highest BCUT2D eigenvalue weighted by Crippen LogP contribution is 2.16. The van der Waals surface area contributed by atoms with Crippen LogP contribution in [0.5, 0.6) is 5.75 Å². The highest BCUT2D eigenvalue weighted by atomic mass is 16.5. The Bertz CT molecular complexity index is 817. The number of imidazole rings is 1. The van der Waals surface area contributed by atoms with E-state index in [2.05, 4.69) is 20.3 Å². The van der Waals surface area contributed by atoms with Gasteiger partial charge in [0, 0.05) is 37.9 Å². The van der Waals surface area contributed by atoms with Gasteiger partial charge in [-0.05, 0) is 18.2 Å². The second-order valence-corrected chi connectivity index (χ2v) is 4.97. The fraction of sp³-hybridized carbons (Fsp3) is 0.176. The zero-order chi connectivity index (χ0) is 16.8. The Hall–Kier alpha value is -3.22. The molecule has 0 atom stereocenters. The summed E-state index contributed by atoms with van der Waals surface area (Å²) in [5, 5.41) is 2.88. The zero-order valence-electron chi connectivity index (χ0n) is 13.2. The van der Waals surface area contributed by atoms with Crippen LogP contribution in [-0.2, 0) is 6.54 Å². The van der Waals surface area contributed by atoms with Crippen LogP contribution in [0.4, 0.5) is 0 Å². The highest BCUT2D eigenvalue weighted by Gasteiger charge is 2.12. The predicted molar refractivity (Wildman–Crippen MR) is 88.6 cm³/mol. The maximum Gasteiger partial charge on any atom is 0.255 e. The minimum absolute atomic E-state index is 0.176. The molecular formula is C17H17N5O2. The van der Waals surface area contributed by atoms with E-state index in [0.29, 0.717) is 36.1 Å². The van der Waals surface area contributed by atoms with E-state index in [4.69, 9.17) is 4.74 Å². The number of nitrogens with zero attached hydrogens (tertiary/aromatic N) is 4. The van der Waals surface area contributed by atoms with Gasteiger partial charge in [0.1, 0.15) is 5.75 Å². The standard InChI is InChI=1S/C17H17N5O2/c1-24-14-6-3-2-5-13(14)17(23)21-10-12-22-11-9-20-16(22)15-18-7-4-8-19-15/h2-9,11H,10,12H2,1H3,(H,21,23). The number of hydrogen-bond donors (Lipinski definition) is 1. The molecule has 0 radical (unpaired) electrons. The number of hydrogen-bond acceptors (Lipinski definition) is 5. The third-order valence-corrected chi connectivity index (χ3v) is 3.47. The van der Waals surface area contributed by atoms with Crippen LogP contribution >= 0.6 is 0 Å². The summed E-state index contributed by atoms with van der Waals surface area (Å²) in [6.45, 7) is 1.02. The van der Waals surface area contributed by atoms with Crippen LogP contribution in [0.3, 0.4) is 0 Å².